The van der Waals surface area contributed by atoms with Crippen LogP contribution in [0.5, 0.6) is 0 Å². The first-order chi connectivity index (χ1) is 14.7. The second-order valence-corrected chi connectivity index (χ2v) is 8.59. The minimum Gasteiger partial charge on any atom is -0.396 e. The van der Waals surface area contributed by atoms with Crippen LogP contribution >= 0.6 is 0 Å². The summed E-state index contributed by atoms with van der Waals surface area (Å²) in [4.78, 5) is 0. The molecule has 30 heavy (non-hydrogen) atoms. The maximum atomic E-state index is 14.2. The average molecular weight is 424 g/mol. The highest BCUT2D eigenvalue weighted by atomic mass is 19.1. The van der Waals surface area contributed by atoms with Crippen LogP contribution in [-0.2, 0) is 16.0 Å². The molecule has 172 valence electrons. The number of rotatable bonds is 16. The first-order valence-electron chi connectivity index (χ1n) is 12.1. The van der Waals surface area contributed by atoms with E-state index in [1.54, 1.807) is 6.07 Å². The van der Waals surface area contributed by atoms with Gasteiger partial charge in [-0.25, -0.2) is 4.39 Å². The molecule has 1 aliphatic rings. The standard InChI is InChI=1S/C25H42FNO3/c1-2-3-9-12-21-19-29-25(30-20-21)22-13-14-24(26)23(17-22)18-27-15-10-7-5-4-6-8-11-16-28/h13-14,17,21,25,27-28H,2-12,15-16,18-20H2,1H3. The predicted octanol–water partition coefficient (Wildman–Crippen LogP) is 5.88. The largest absolute Gasteiger partial charge is 0.396 e. The Morgan fingerprint density at radius 2 is 1.67 bits per heavy atom. The summed E-state index contributed by atoms with van der Waals surface area (Å²) in [6.07, 6.45) is 12.5. The van der Waals surface area contributed by atoms with E-state index in [0.717, 1.165) is 51.0 Å². The summed E-state index contributed by atoms with van der Waals surface area (Å²) in [5, 5.41) is 12.1. The van der Waals surface area contributed by atoms with Gasteiger partial charge in [0.15, 0.2) is 6.29 Å². The Labute approximate surface area is 182 Å². The highest BCUT2D eigenvalue weighted by Crippen LogP contribution is 2.28. The third-order valence-corrected chi connectivity index (χ3v) is 5.85. The van der Waals surface area contributed by atoms with Gasteiger partial charge in [-0.1, -0.05) is 64.4 Å². The maximum absolute atomic E-state index is 14.2. The molecule has 2 rings (SSSR count). The summed E-state index contributed by atoms with van der Waals surface area (Å²) in [6, 6.07) is 5.18. The van der Waals surface area contributed by atoms with Gasteiger partial charge in [0, 0.05) is 30.2 Å². The minimum atomic E-state index is -0.377. The van der Waals surface area contributed by atoms with E-state index in [-0.39, 0.29) is 12.1 Å². The molecule has 5 heteroatoms. The summed E-state index contributed by atoms with van der Waals surface area (Å²) in [5.41, 5.74) is 1.58. The Morgan fingerprint density at radius 1 is 0.967 bits per heavy atom. The number of nitrogens with one attached hydrogen (secondary N) is 1. The van der Waals surface area contributed by atoms with Crippen LogP contribution in [0.3, 0.4) is 0 Å². The molecule has 0 saturated carbocycles. The van der Waals surface area contributed by atoms with Crippen molar-refractivity contribution in [2.75, 3.05) is 26.4 Å². The number of unbranched alkanes of at least 4 members (excludes halogenated alkanes) is 8. The van der Waals surface area contributed by atoms with Crippen LogP contribution in [0.15, 0.2) is 18.2 Å². The highest BCUT2D eigenvalue weighted by molar-refractivity contribution is 5.26. The van der Waals surface area contributed by atoms with Gasteiger partial charge in [0.1, 0.15) is 5.82 Å². The molecule has 4 nitrogen and oxygen atoms in total. The molecule has 1 aromatic carbocycles. The fraction of sp³-hybridized carbons (Fsp3) is 0.760. The second-order valence-electron chi connectivity index (χ2n) is 8.59. The van der Waals surface area contributed by atoms with Crippen LogP contribution in [0.2, 0.25) is 0 Å². The van der Waals surface area contributed by atoms with Crippen molar-refractivity contribution in [3.05, 3.63) is 35.1 Å². The van der Waals surface area contributed by atoms with Crippen molar-refractivity contribution in [2.45, 2.75) is 90.4 Å². The first kappa shape index (κ1) is 25.3. The molecule has 0 atom stereocenters. The Morgan fingerprint density at radius 3 is 2.37 bits per heavy atom. The van der Waals surface area contributed by atoms with E-state index in [4.69, 9.17) is 14.6 Å². The lowest BCUT2D eigenvalue weighted by molar-refractivity contribution is -0.206. The normalized spacial score (nSPS) is 19.3. The summed E-state index contributed by atoms with van der Waals surface area (Å²) >= 11 is 0. The molecule has 1 saturated heterocycles. The van der Waals surface area contributed by atoms with E-state index >= 15 is 0 Å². The summed E-state index contributed by atoms with van der Waals surface area (Å²) in [7, 11) is 0. The molecule has 0 amide bonds. The van der Waals surface area contributed by atoms with Crippen LogP contribution in [-0.4, -0.2) is 31.5 Å². The van der Waals surface area contributed by atoms with Crippen LogP contribution < -0.4 is 5.32 Å². The predicted molar refractivity (Wildman–Crippen MR) is 120 cm³/mol. The molecule has 1 aliphatic heterocycles. The zero-order valence-electron chi connectivity index (χ0n) is 18.8. The molecule has 2 N–H and O–H groups in total. The molecule has 0 radical (unpaired) electrons. The molecule has 1 aromatic rings. The number of aliphatic hydroxyl groups is 1. The molecule has 0 aromatic heterocycles. The number of hydrogen-bond acceptors (Lipinski definition) is 4. The number of ether oxygens (including phenoxy) is 2. The maximum Gasteiger partial charge on any atom is 0.183 e. The summed E-state index contributed by atoms with van der Waals surface area (Å²) in [6.45, 7) is 5.39. The molecule has 0 unspecified atom stereocenters. The van der Waals surface area contributed by atoms with Crippen molar-refractivity contribution < 1.29 is 19.0 Å². The lowest BCUT2D eigenvalue weighted by atomic mass is 10.0. The van der Waals surface area contributed by atoms with E-state index in [2.05, 4.69) is 12.2 Å². The number of halogens is 1. The van der Waals surface area contributed by atoms with Crippen molar-refractivity contribution in [2.24, 2.45) is 5.92 Å². The second kappa shape index (κ2) is 15.7. The van der Waals surface area contributed by atoms with E-state index in [0.29, 0.717) is 24.6 Å². The lowest BCUT2D eigenvalue weighted by Crippen LogP contribution is -2.27. The van der Waals surface area contributed by atoms with Crippen molar-refractivity contribution >= 4 is 0 Å². The zero-order chi connectivity index (χ0) is 21.4. The van der Waals surface area contributed by atoms with Crippen LogP contribution in [0.4, 0.5) is 4.39 Å². The van der Waals surface area contributed by atoms with Crippen molar-refractivity contribution in [3.8, 4) is 0 Å². The molecule has 0 bridgehead atoms. The third kappa shape index (κ3) is 9.86. The number of hydrogen-bond donors (Lipinski definition) is 2. The van der Waals surface area contributed by atoms with E-state index in [1.807, 2.05) is 6.07 Å². The van der Waals surface area contributed by atoms with Crippen LogP contribution in [0.25, 0.3) is 0 Å². The molecule has 0 spiro atoms. The fourth-order valence-electron chi connectivity index (χ4n) is 3.93. The SMILES string of the molecule is CCCCCC1COC(c2ccc(F)c(CNCCCCCCCCCO)c2)OC1. The van der Waals surface area contributed by atoms with Gasteiger partial charge in [-0.05, 0) is 37.9 Å². The van der Waals surface area contributed by atoms with Gasteiger partial charge in [0.25, 0.3) is 0 Å². The highest BCUT2D eigenvalue weighted by Gasteiger charge is 2.23. The fourth-order valence-corrected chi connectivity index (χ4v) is 3.93. The smallest absolute Gasteiger partial charge is 0.183 e. The van der Waals surface area contributed by atoms with E-state index in [1.165, 1.54) is 51.0 Å². The molecule has 1 heterocycles. The third-order valence-electron chi connectivity index (χ3n) is 5.85. The van der Waals surface area contributed by atoms with Gasteiger partial charge < -0.3 is 19.9 Å². The van der Waals surface area contributed by atoms with Gasteiger partial charge in [0.05, 0.1) is 13.2 Å². The zero-order valence-corrected chi connectivity index (χ0v) is 18.8. The van der Waals surface area contributed by atoms with Gasteiger partial charge in [-0.3, -0.25) is 0 Å². The monoisotopic (exact) mass is 423 g/mol. The van der Waals surface area contributed by atoms with E-state index in [9.17, 15) is 4.39 Å². The number of aliphatic hydroxyl groups excluding tert-OH is 1. The summed E-state index contributed by atoms with van der Waals surface area (Å²) < 4.78 is 26.1. The topological polar surface area (TPSA) is 50.7 Å². The number of benzene rings is 1. The summed E-state index contributed by atoms with van der Waals surface area (Å²) in [5.74, 6) is 0.299. The Bertz CT molecular complexity index is 561. The van der Waals surface area contributed by atoms with Crippen molar-refractivity contribution in [3.63, 3.8) is 0 Å². The average Bonchev–Trinajstić information content (AvgIpc) is 2.77. The molecule has 0 aliphatic carbocycles. The van der Waals surface area contributed by atoms with Crippen molar-refractivity contribution in [1.29, 1.82) is 0 Å². The molecular weight excluding hydrogens is 381 g/mol. The van der Waals surface area contributed by atoms with Crippen LogP contribution in [0, 0.1) is 11.7 Å². The molecular formula is C25H42FNO3. The first-order valence-corrected chi connectivity index (χ1v) is 12.1. The van der Waals surface area contributed by atoms with Gasteiger partial charge >= 0.3 is 0 Å². The van der Waals surface area contributed by atoms with Gasteiger partial charge in [-0.15, -0.1) is 0 Å². The van der Waals surface area contributed by atoms with Crippen molar-refractivity contribution in [1.82, 2.24) is 5.32 Å². The Hall–Kier alpha value is -1.01. The molecule has 1 fully saturated rings. The quantitative estimate of drug-likeness (QED) is 0.326. The Balaban J connectivity index is 1.64. The minimum absolute atomic E-state index is 0.177. The Kier molecular flexibility index (Phi) is 13.3. The lowest BCUT2D eigenvalue weighted by Gasteiger charge is -2.30. The van der Waals surface area contributed by atoms with E-state index < -0.39 is 0 Å². The van der Waals surface area contributed by atoms with Crippen LogP contribution in [0.1, 0.15) is 95.0 Å². The van der Waals surface area contributed by atoms with Gasteiger partial charge in [-0.2, -0.15) is 0 Å². The van der Waals surface area contributed by atoms with Gasteiger partial charge in [0.2, 0.25) is 0 Å².